The summed E-state index contributed by atoms with van der Waals surface area (Å²) in [4.78, 5) is 17.2. The van der Waals surface area contributed by atoms with E-state index >= 15 is 0 Å². The van der Waals surface area contributed by atoms with Gasteiger partial charge >= 0.3 is 0 Å². The highest BCUT2D eigenvalue weighted by molar-refractivity contribution is 6.15. The van der Waals surface area contributed by atoms with Crippen molar-refractivity contribution < 1.29 is 28.5 Å². The lowest BCUT2D eigenvalue weighted by molar-refractivity contribution is 0.101. The smallest absolute Gasteiger partial charge is 0.231 e. The van der Waals surface area contributed by atoms with Gasteiger partial charge in [0.05, 0.1) is 16.8 Å². The van der Waals surface area contributed by atoms with E-state index in [1.54, 1.807) is 36.4 Å². The Balaban J connectivity index is 1.20. The van der Waals surface area contributed by atoms with Crippen LogP contribution in [0, 0.1) is 5.82 Å². The molecule has 1 saturated heterocycles. The number of Topliss-reactive ketones (excluding diaryl/α,β-unsaturated/α-hetero) is 1. The molecule has 35 heavy (non-hydrogen) atoms. The minimum Gasteiger partial charge on any atom is -0.507 e. The molecule has 0 bridgehead atoms. The van der Waals surface area contributed by atoms with Gasteiger partial charge in [0.25, 0.3) is 0 Å². The van der Waals surface area contributed by atoms with Gasteiger partial charge in [0, 0.05) is 32.7 Å². The van der Waals surface area contributed by atoms with Crippen molar-refractivity contribution in [3.05, 3.63) is 82.9 Å². The standard InChI is InChI=1S/C27H23FN2O5/c28-20-3-1-2-4-21(20)30-11-9-29(10-12-30)15-19-22(31)7-6-18-26(32)25(35-27(18)19)14-17-5-8-23-24(13-17)34-16-33-23/h1-8,13-14,31H,9-12,15-16H2/b25-14-. The van der Waals surface area contributed by atoms with Crippen LogP contribution in [0.15, 0.2) is 60.4 Å². The van der Waals surface area contributed by atoms with Gasteiger partial charge in [-0.25, -0.2) is 4.39 Å². The van der Waals surface area contributed by atoms with Crippen LogP contribution in [0.5, 0.6) is 23.0 Å². The molecule has 0 aliphatic carbocycles. The highest BCUT2D eigenvalue weighted by Gasteiger charge is 2.32. The quantitative estimate of drug-likeness (QED) is 0.569. The van der Waals surface area contributed by atoms with Crippen LogP contribution in [-0.2, 0) is 6.54 Å². The van der Waals surface area contributed by atoms with Gasteiger partial charge in [-0.05, 0) is 48.0 Å². The van der Waals surface area contributed by atoms with Gasteiger partial charge in [-0.1, -0.05) is 18.2 Å². The summed E-state index contributed by atoms with van der Waals surface area (Å²) in [5, 5.41) is 10.6. The van der Waals surface area contributed by atoms with E-state index in [-0.39, 0.29) is 29.9 Å². The first-order valence-electron chi connectivity index (χ1n) is 11.5. The third kappa shape index (κ3) is 3.95. The van der Waals surface area contributed by atoms with Crippen molar-refractivity contribution in [3.63, 3.8) is 0 Å². The Morgan fingerprint density at radius 3 is 2.60 bits per heavy atom. The van der Waals surface area contributed by atoms with Gasteiger partial charge in [-0.2, -0.15) is 0 Å². The van der Waals surface area contributed by atoms with E-state index in [1.165, 1.54) is 12.1 Å². The lowest BCUT2D eigenvalue weighted by atomic mass is 10.0. The molecule has 7 nitrogen and oxygen atoms in total. The maximum absolute atomic E-state index is 14.2. The lowest BCUT2D eigenvalue weighted by Crippen LogP contribution is -2.46. The third-order valence-corrected chi connectivity index (χ3v) is 6.56. The molecule has 0 radical (unpaired) electrons. The molecule has 0 unspecified atom stereocenters. The zero-order chi connectivity index (χ0) is 23.9. The van der Waals surface area contributed by atoms with Gasteiger partial charge in [0.15, 0.2) is 17.3 Å². The molecule has 8 heteroatoms. The topological polar surface area (TPSA) is 71.5 Å². The zero-order valence-corrected chi connectivity index (χ0v) is 18.9. The largest absolute Gasteiger partial charge is 0.507 e. The molecular weight excluding hydrogens is 451 g/mol. The van der Waals surface area contributed by atoms with Crippen molar-refractivity contribution in [3.8, 4) is 23.0 Å². The number of ketones is 1. The molecule has 3 aromatic carbocycles. The second-order valence-electron chi connectivity index (χ2n) is 8.71. The fourth-order valence-corrected chi connectivity index (χ4v) is 4.68. The molecule has 0 saturated carbocycles. The molecule has 0 atom stereocenters. The van der Waals surface area contributed by atoms with Crippen LogP contribution >= 0.6 is 0 Å². The number of nitrogens with zero attached hydrogens (tertiary/aromatic N) is 2. The number of aromatic hydroxyl groups is 1. The number of allylic oxidation sites excluding steroid dienone is 1. The van der Waals surface area contributed by atoms with Gasteiger partial charge in [-0.3, -0.25) is 9.69 Å². The first-order chi connectivity index (χ1) is 17.1. The number of para-hydroxylation sites is 1. The van der Waals surface area contributed by atoms with Crippen LogP contribution in [0.4, 0.5) is 10.1 Å². The van der Waals surface area contributed by atoms with E-state index in [4.69, 9.17) is 14.2 Å². The summed E-state index contributed by atoms with van der Waals surface area (Å²) in [6.07, 6.45) is 1.66. The Labute approximate surface area is 201 Å². The zero-order valence-electron chi connectivity index (χ0n) is 18.9. The minimum absolute atomic E-state index is 0.0809. The number of benzene rings is 3. The van der Waals surface area contributed by atoms with Gasteiger partial charge in [-0.15, -0.1) is 0 Å². The molecule has 3 heterocycles. The number of anilines is 1. The van der Waals surface area contributed by atoms with Crippen molar-refractivity contribution in [2.75, 3.05) is 37.9 Å². The normalized spacial score (nSPS) is 18.1. The minimum atomic E-state index is -0.233. The van der Waals surface area contributed by atoms with E-state index in [0.29, 0.717) is 66.8 Å². The molecule has 0 amide bonds. The van der Waals surface area contributed by atoms with Gasteiger partial charge in [0.1, 0.15) is 17.3 Å². The SMILES string of the molecule is O=C1/C(=C/c2ccc3c(c2)OCO3)Oc2c1ccc(O)c2CN1CCN(c2ccccc2F)CC1. The van der Waals surface area contributed by atoms with Crippen molar-refractivity contribution in [1.29, 1.82) is 0 Å². The van der Waals surface area contributed by atoms with Crippen molar-refractivity contribution in [1.82, 2.24) is 4.90 Å². The van der Waals surface area contributed by atoms with E-state index in [0.717, 1.165) is 5.56 Å². The molecule has 6 rings (SSSR count). The molecule has 1 fully saturated rings. The Bertz CT molecular complexity index is 1350. The van der Waals surface area contributed by atoms with Gasteiger partial charge < -0.3 is 24.2 Å². The van der Waals surface area contributed by atoms with Crippen molar-refractivity contribution >= 4 is 17.5 Å². The first kappa shape index (κ1) is 21.5. The molecule has 3 aromatic rings. The van der Waals surface area contributed by atoms with Crippen LogP contribution in [0.1, 0.15) is 21.5 Å². The lowest BCUT2D eigenvalue weighted by Gasteiger charge is -2.36. The van der Waals surface area contributed by atoms with E-state index in [2.05, 4.69) is 4.90 Å². The Hall–Kier alpha value is -4.04. The van der Waals surface area contributed by atoms with Crippen LogP contribution in [0.2, 0.25) is 0 Å². The number of halogens is 1. The second kappa shape index (κ2) is 8.63. The van der Waals surface area contributed by atoms with E-state index in [1.807, 2.05) is 17.0 Å². The first-order valence-corrected chi connectivity index (χ1v) is 11.5. The predicted molar refractivity (Wildman–Crippen MR) is 127 cm³/mol. The molecule has 3 aliphatic rings. The fourth-order valence-electron chi connectivity index (χ4n) is 4.68. The van der Waals surface area contributed by atoms with Crippen molar-refractivity contribution in [2.24, 2.45) is 0 Å². The third-order valence-electron chi connectivity index (χ3n) is 6.56. The summed E-state index contributed by atoms with van der Waals surface area (Å²) in [6, 6.07) is 15.3. The summed E-state index contributed by atoms with van der Waals surface area (Å²) in [5.41, 5.74) is 2.35. The number of phenols is 1. The summed E-state index contributed by atoms with van der Waals surface area (Å²) in [5.74, 6) is 1.48. The number of fused-ring (bicyclic) bond motifs is 2. The molecule has 1 N–H and O–H groups in total. The summed E-state index contributed by atoms with van der Waals surface area (Å²) >= 11 is 0. The number of phenolic OH excluding ortho intramolecular Hbond substituents is 1. The number of hydrogen-bond donors (Lipinski definition) is 1. The molecule has 0 aromatic heterocycles. The number of piperazine rings is 1. The van der Waals surface area contributed by atoms with E-state index in [9.17, 15) is 14.3 Å². The Kier molecular flexibility index (Phi) is 5.30. The number of ether oxygens (including phenoxy) is 3. The van der Waals surface area contributed by atoms with Crippen molar-refractivity contribution in [2.45, 2.75) is 6.54 Å². The average Bonchev–Trinajstić information content (AvgIpc) is 3.46. The summed E-state index contributed by atoms with van der Waals surface area (Å²) in [7, 11) is 0. The summed E-state index contributed by atoms with van der Waals surface area (Å²) in [6.45, 7) is 3.28. The van der Waals surface area contributed by atoms with Crippen LogP contribution in [0.25, 0.3) is 6.08 Å². The molecule has 3 aliphatic heterocycles. The predicted octanol–water partition coefficient (Wildman–Crippen LogP) is 4.20. The monoisotopic (exact) mass is 474 g/mol. The Morgan fingerprint density at radius 2 is 1.77 bits per heavy atom. The van der Waals surface area contributed by atoms with Crippen LogP contribution in [0.3, 0.4) is 0 Å². The average molecular weight is 474 g/mol. The Morgan fingerprint density at radius 1 is 0.971 bits per heavy atom. The van der Waals surface area contributed by atoms with Gasteiger partial charge in [0.2, 0.25) is 12.6 Å². The number of rotatable bonds is 4. The molecular formula is C27H23FN2O5. The fraction of sp³-hybridized carbons (Fsp3) is 0.222. The van der Waals surface area contributed by atoms with Crippen LogP contribution in [-0.4, -0.2) is 48.8 Å². The van der Waals surface area contributed by atoms with E-state index < -0.39 is 0 Å². The maximum atomic E-state index is 14.2. The maximum Gasteiger partial charge on any atom is 0.231 e. The second-order valence-corrected chi connectivity index (χ2v) is 8.71. The molecule has 178 valence electrons. The number of hydrogen-bond acceptors (Lipinski definition) is 7. The number of carbonyl (C=O) groups excluding carboxylic acids is 1. The highest BCUT2D eigenvalue weighted by Crippen LogP contribution is 2.41. The highest BCUT2D eigenvalue weighted by atomic mass is 19.1. The van der Waals surface area contributed by atoms with Crippen LogP contribution < -0.4 is 19.1 Å². The molecule has 0 spiro atoms. The number of carbonyl (C=O) groups is 1. The summed E-state index contributed by atoms with van der Waals surface area (Å²) < 4.78 is 30.9.